The molecule has 2 heteroatoms. The van der Waals surface area contributed by atoms with Crippen molar-refractivity contribution < 1.29 is 4.79 Å². The van der Waals surface area contributed by atoms with Crippen LogP contribution < -0.4 is 0 Å². The van der Waals surface area contributed by atoms with Crippen molar-refractivity contribution in [1.82, 2.24) is 4.90 Å². The normalized spacial score (nSPS) is 37.5. The van der Waals surface area contributed by atoms with Gasteiger partial charge in [-0.3, -0.25) is 4.79 Å². The highest BCUT2D eigenvalue weighted by molar-refractivity contribution is 5.78. The van der Waals surface area contributed by atoms with Crippen LogP contribution in [0.25, 0.3) is 0 Å². The lowest BCUT2D eigenvalue weighted by atomic mass is 9.95. The quantitative estimate of drug-likeness (QED) is 0.515. The van der Waals surface area contributed by atoms with Gasteiger partial charge in [-0.05, 0) is 25.2 Å². The number of nitrogens with zero attached hydrogens (tertiary/aromatic N) is 1. The molecule has 62 valence electrons. The number of carbonyl (C=O) groups excluding carboxylic acids is 1. The minimum atomic E-state index is 0.390. The molecule has 0 aromatic carbocycles. The number of fused-ring (bicyclic) bond motifs is 1. The zero-order chi connectivity index (χ0) is 7.84. The first-order valence-electron chi connectivity index (χ1n) is 4.57. The van der Waals surface area contributed by atoms with Gasteiger partial charge in [0.2, 0.25) is 5.91 Å². The third-order valence-corrected chi connectivity index (χ3v) is 2.95. The van der Waals surface area contributed by atoms with Gasteiger partial charge in [-0.2, -0.15) is 0 Å². The number of hydrogen-bond acceptors (Lipinski definition) is 1. The van der Waals surface area contributed by atoms with Gasteiger partial charge >= 0.3 is 0 Å². The number of carbonyl (C=O) groups is 1. The third kappa shape index (κ3) is 1.15. The minimum Gasteiger partial charge on any atom is -0.339 e. The second-order valence-corrected chi connectivity index (χ2v) is 3.92. The molecule has 2 aliphatic heterocycles. The smallest absolute Gasteiger partial charge is 0.222 e. The van der Waals surface area contributed by atoms with E-state index in [9.17, 15) is 4.79 Å². The summed E-state index contributed by atoms with van der Waals surface area (Å²) in [6.07, 6.45) is 4.48. The van der Waals surface area contributed by atoms with E-state index < -0.39 is 0 Å². The molecule has 0 spiro atoms. The Labute approximate surface area is 67.6 Å². The molecule has 2 heterocycles. The highest BCUT2D eigenvalue weighted by Crippen LogP contribution is 2.29. The number of piperidine rings is 1. The fraction of sp³-hybridized carbons (Fsp3) is 0.889. The van der Waals surface area contributed by atoms with Crippen LogP contribution in [-0.4, -0.2) is 23.4 Å². The van der Waals surface area contributed by atoms with E-state index in [1.54, 1.807) is 0 Å². The topological polar surface area (TPSA) is 20.3 Å². The van der Waals surface area contributed by atoms with E-state index in [4.69, 9.17) is 0 Å². The molecular formula is C9H15NO. The molecule has 2 saturated heterocycles. The van der Waals surface area contributed by atoms with Gasteiger partial charge in [0.1, 0.15) is 0 Å². The summed E-state index contributed by atoms with van der Waals surface area (Å²) in [6, 6.07) is 0.610. The van der Waals surface area contributed by atoms with Gasteiger partial charge in [0, 0.05) is 19.0 Å². The number of rotatable bonds is 0. The van der Waals surface area contributed by atoms with Crippen molar-refractivity contribution in [3.05, 3.63) is 0 Å². The molecule has 0 aromatic rings. The van der Waals surface area contributed by atoms with E-state index in [0.717, 1.165) is 25.3 Å². The molecule has 1 unspecified atom stereocenters. The Bertz CT molecular complexity index is 178. The average Bonchev–Trinajstić information content (AvgIpc) is 2.33. The summed E-state index contributed by atoms with van der Waals surface area (Å²) in [5, 5.41) is 0. The molecule has 0 aliphatic carbocycles. The Morgan fingerprint density at radius 2 is 2.18 bits per heavy atom. The second-order valence-electron chi connectivity index (χ2n) is 3.92. The molecule has 2 atom stereocenters. The minimum absolute atomic E-state index is 0.390. The zero-order valence-corrected chi connectivity index (χ0v) is 7.05. The van der Waals surface area contributed by atoms with Gasteiger partial charge in [0.25, 0.3) is 0 Å². The van der Waals surface area contributed by atoms with Crippen LogP contribution in [0.5, 0.6) is 0 Å². The van der Waals surface area contributed by atoms with Crippen molar-refractivity contribution in [1.29, 1.82) is 0 Å². The maximum absolute atomic E-state index is 11.3. The summed E-state index contributed by atoms with van der Waals surface area (Å²) in [4.78, 5) is 13.4. The Kier molecular flexibility index (Phi) is 1.63. The molecule has 0 bridgehead atoms. The Balaban J connectivity index is 2.07. The molecule has 0 radical (unpaired) electrons. The molecular weight excluding hydrogens is 138 g/mol. The van der Waals surface area contributed by atoms with Crippen LogP contribution in [0.1, 0.15) is 32.6 Å². The molecule has 0 N–H and O–H groups in total. The van der Waals surface area contributed by atoms with Gasteiger partial charge in [-0.1, -0.05) is 6.92 Å². The highest BCUT2D eigenvalue weighted by Gasteiger charge is 2.34. The van der Waals surface area contributed by atoms with Gasteiger partial charge in [0.05, 0.1) is 0 Å². The van der Waals surface area contributed by atoms with E-state index in [1.807, 2.05) is 0 Å². The monoisotopic (exact) mass is 153 g/mol. The van der Waals surface area contributed by atoms with Crippen molar-refractivity contribution >= 4 is 5.91 Å². The highest BCUT2D eigenvalue weighted by atomic mass is 16.2. The third-order valence-electron chi connectivity index (χ3n) is 2.95. The van der Waals surface area contributed by atoms with Crippen molar-refractivity contribution in [3.8, 4) is 0 Å². The van der Waals surface area contributed by atoms with E-state index in [2.05, 4.69) is 11.8 Å². The standard InChI is InChI=1S/C9H15NO/c1-7-2-3-8-4-5-9(11)10(8)6-7/h7-8H,2-6H2,1H3/t7-,8?/m0/s1. The summed E-state index contributed by atoms with van der Waals surface area (Å²) < 4.78 is 0. The van der Waals surface area contributed by atoms with Crippen LogP contribution in [0, 0.1) is 5.92 Å². The number of amides is 1. The van der Waals surface area contributed by atoms with Crippen LogP contribution in [0.3, 0.4) is 0 Å². The summed E-state index contributed by atoms with van der Waals surface area (Å²) in [7, 11) is 0. The Hall–Kier alpha value is -0.530. The SMILES string of the molecule is C[C@H]1CCC2CCC(=O)N2C1. The molecule has 0 saturated carbocycles. The predicted octanol–water partition coefficient (Wildman–Crippen LogP) is 1.41. The van der Waals surface area contributed by atoms with Crippen LogP contribution in [0.2, 0.25) is 0 Å². The fourth-order valence-corrected chi connectivity index (χ4v) is 2.25. The summed E-state index contributed by atoms with van der Waals surface area (Å²) in [6.45, 7) is 3.26. The van der Waals surface area contributed by atoms with E-state index in [1.165, 1.54) is 12.8 Å². The van der Waals surface area contributed by atoms with Crippen molar-refractivity contribution in [3.63, 3.8) is 0 Å². The predicted molar refractivity (Wildman–Crippen MR) is 43.1 cm³/mol. The van der Waals surface area contributed by atoms with Crippen LogP contribution in [0.4, 0.5) is 0 Å². The van der Waals surface area contributed by atoms with Gasteiger partial charge in [-0.25, -0.2) is 0 Å². The lowest BCUT2D eigenvalue weighted by Crippen LogP contribution is -2.40. The molecule has 2 aliphatic rings. The summed E-state index contributed by atoms with van der Waals surface area (Å²) in [5.74, 6) is 1.12. The summed E-state index contributed by atoms with van der Waals surface area (Å²) in [5.41, 5.74) is 0. The van der Waals surface area contributed by atoms with Crippen LogP contribution in [0.15, 0.2) is 0 Å². The largest absolute Gasteiger partial charge is 0.339 e. The maximum Gasteiger partial charge on any atom is 0.222 e. The molecule has 2 nitrogen and oxygen atoms in total. The van der Waals surface area contributed by atoms with Gasteiger partial charge < -0.3 is 4.90 Å². The first-order chi connectivity index (χ1) is 5.27. The van der Waals surface area contributed by atoms with Gasteiger partial charge in [-0.15, -0.1) is 0 Å². The van der Waals surface area contributed by atoms with Crippen molar-refractivity contribution in [2.45, 2.75) is 38.6 Å². The molecule has 1 amide bonds. The maximum atomic E-state index is 11.3. The molecule has 2 fully saturated rings. The fourth-order valence-electron chi connectivity index (χ4n) is 2.25. The lowest BCUT2D eigenvalue weighted by Gasteiger charge is -2.33. The first-order valence-corrected chi connectivity index (χ1v) is 4.57. The second kappa shape index (κ2) is 2.50. The Morgan fingerprint density at radius 3 is 3.00 bits per heavy atom. The molecule has 0 aromatic heterocycles. The van der Waals surface area contributed by atoms with Crippen LogP contribution in [-0.2, 0) is 4.79 Å². The first kappa shape index (κ1) is 7.14. The zero-order valence-electron chi connectivity index (χ0n) is 7.05. The van der Waals surface area contributed by atoms with E-state index >= 15 is 0 Å². The average molecular weight is 153 g/mol. The van der Waals surface area contributed by atoms with E-state index in [-0.39, 0.29) is 0 Å². The van der Waals surface area contributed by atoms with Crippen LogP contribution >= 0.6 is 0 Å². The summed E-state index contributed by atoms with van der Waals surface area (Å²) >= 11 is 0. The lowest BCUT2D eigenvalue weighted by molar-refractivity contribution is -0.130. The number of hydrogen-bond donors (Lipinski definition) is 0. The Morgan fingerprint density at radius 1 is 1.36 bits per heavy atom. The van der Waals surface area contributed by atoms with Crippen molar-refractivity contribution in [2.24, 2.45) is 5.92 Å². The van der Waals surface area contributed by atoms with Crippen molar-refractivity contribution in [2.75, 3.05) is 6.54 Å². The van der Waals surface area contributed by atoms with E-state index in [0.29, 0.717) is 11.9 Å². The van der Waals surface area contributed by atoms with Gasteiger partial charge in [0.15, 0.2) is 0 Å². The molecule has 2 rings (SSSR count). The molecule has 11 heavy (non-hydrogen) atoms.